The minimum Gasteiger partial charge on any atom is -0.494 e. The highest BCUT2D eigenvalue weighted by atomic mass is 35.5. The molecule has 1 fully saturated rings. The maximum Gasteiger partial charge on any atom is 0.264 e. The quantitative estimate of drug-likeness (QED) is 0.252. The molecule has 0 aromatic heterocycles. The summed E-state index contributed by atoms with van der Waals surface area (Å²) in [6.45, 7) is 3.19. The highest BCUT2D eigenvalue weighted by Crippen LogP contribution is 2.28. The lowest BCUT2D eigenvalue weighted by Gasteiger charge is -2.32. The number of ether oxygens (including phenoxy) is 1. The van der Waals surface area contributed by atoms with Crippen molar-refractivity contribution in [2.24, 2.45) is 0 Å². The molecule has 8 nitrogen and oxygen atoms in total. The van der Waals surface area contributed by atoms with E-state index >= 15 is 0 Å². The van der Waals surface area contributed by atoms with Crippen molar-refractivity contribution in [3.05, 3.63) is 88.2 Å². The SMILES string of the molecule is CCOc1ccc(N(CC(=O)N(Cc2ccc(Cl)c(Cl)c2)[C@@H](C)C(=O)NC2CCCC2)S(=O)(=O)c2ccc(F)cc2)cc1. The van der Waals surface area contributed by atoms with Gasteiger partial charge in [0.05, 0.1) is 27.2 Å². The van der Waals surface area contributed by atoms with Gasteiger partial charge in [-0.25, -0.2) is 12.8 Å². The Bertz CT molecular complexity index is 1530. The topological polar surface area (TPSA) is 96.0 Å². The minimum absolute atomic E-state index is 0.0242. The zero-order valence-corrected chi connectivity index (χ0v) is 26.3. The van der Waals surface area contributed by atoms with Gasteiger partial charge in [0.2, 0.25) is 11.8 Å². The average molecular weight is 651 g/mol. The van der Waals surface area contributed by atoms with Crippen molar-refractivity contribution in [2.75, 3.05) is 17.5 Å². The monoisotopic (exact) mass is 649 g/mol. The summed E-state index contributed by atoms with van der Waals surface area (Å²) >= 11 is 12.3. The van der Waals surface area contributed by atoms with Gasteiger partial charge < -0.3 is 15.0 Å². The first-order valence-electron chi connectivity index (χ1n) is 14.0. The van der Waals surface area contributed by atoms with Crippen molar-refractivity contribution in [1.29, 1.82) is 0 Å². The Kier molecular flexibility index (Phi) is 10.9. The molecule has 0 radical (unpaired) electrons. The molecule has 1 saturated carbocycles. The van der Waals surface area contributed by atoms with Crippen LogP contribution in [0, 0.1) is 5.82 Å². The molecule has 3 aromatic carbocycles. The largest absolute Gasteiger partial charge is 0.494 e. The van der Waals surface area contributed by atoms with Crippen molar-refractivity contribution in [3.8, 4) is 5.75 Å². The minimum atomic E-state index is -4.34. The molecule has 0 spiro atoms. The van der Waals surface area contributed by atoms with E-state index in [1.807, 2.05) is 6.92 Å². The maximum absolute atomic E-state index is 14.1. The summed E-state index contributed by atoms with van der Waals surface area (Å²) in [6.07, 6.45) is 3.76. The Morgan fingerprint density at radius 3 is 2.26 bits per heavy atom. The third kappa shape index (κ3) is 8.19. The molecule has 1 aliphatic carbocycles. The molecule has 0 saturated heterocycles. The van der Waals surface area contributed by atoms with Crippen molar-refractivity contribution < 1.29 is 27.1 Å². The van der Waals surface area contributed by atoms with Crippen molar-refractivity contribution in [2.45, 2.75) is 63.1 Å². The third-order valence-electron chi connectivity index (χ3n) is 7.32. The van der Waals surface area contributed by atoms with E-state index in [-0.39, 0.29) is 34.1 Å². The summed E-state index contributed by atoms with van der Waals surface area (Å²) in [4.78, 5) is 28.5. The lowest BCUT2D eigenvalue weighted by atomic mass is 10.1. The zero-order chi connectivity index (χ0) is 31.1. The summed E-state index contributed by atoms with van der Waals surface area (Å²) in [5, 5.41) is 3.64. The van der Waals surface area contributed by atoms with Gasteiger partial charge in [0.1, 0.15) is 24.2 Å². The number of carbonyl (C=O) groups is 2. The lowest BCUT2D eigenvalue weighted by molar-refractivity contribution is -0.139. The van der Waals surface area contributed by atoms with Gasteiger partial charge in [-0.15, -0.1) is 0 Å². The van der Waals surface area contributed by atoms with Crippen molar-refractivity contribution in [3.63, 3.8) is 0 Å². The molecule has 1 N–H and O–H groups in total. The maximum atomic E-state index is 14.1. The van der Waals surface area contributed by atoms with Crippen LogP contribution in [0.5, 0.6) is 5.75 Å². The van der Waals surface area contributed by atoms with Gasteiger partial charge in [0.15, 0.2) is 0 Å². The number of hydrogen-bond donors (Lipinski definition) is 1. The van der Waals surface area contributed by atoms with E-state index in [1.165, 1.54) is 17.0 Å². The molecule has 2 amide bonds. The standard InChI is InChI=1S/C31H34Cl2FN3O5S/c1-3-42-26-13-11-25(12-14-26)37(43(40,41)27-15-9-23(34)10-16-27)20-30(38)36(19-22-8-17-28(32)29(33)18-22)21(2)31(39)35-24-6-4-5-7-24/h8-18,21,24H,3-7,19-20H2,1-2H3,(H,35,39)/t21-/m0/s1. The van der Waals surface area contributed by atoms with Crippen LogP contribution in [0.3, 0.4) is 0 Å². The van der Waals surface area contributed by atoms with Crippen LogP contribution >= 0.6 is 23.2 Å². The molecule has 4 rings (SSSR count). The van der Waals surface area contributed by atoms with E-state index in [2.05, 4.69) is 5.32 Å². The van der Waals surface area contributed by atoms with Crippen LogP contribution in [0.2, 0.25) is 10.0 Å². The number of rotatable bonds is 12. The van der Waals surface area contributed by atoms with Gasteiger partial charge in [0.25, 0.3) is 10.0 Å². The van der Waals surface area contributed by atoms with Crippen LogP contribution in [0.15, 0.2) is 71.6 Å². The number of nitrogens with zero attached hydrogens (tertiary/aromatic N) is 2. The average Bonchev–Trinajstić information content (AvgIpc) is 3.50. The van der Waals surface area contributed by atoms with Crippen molar-refractivity contribution in [1.82, 2.24) is 10.2 Å². The Hall–Kier alpha value is -3.34. The molecule has 12 heteroatoms. The normalized spacial score (nSPS) is 14.3. The Morgan fingerprint density at radius 1 is 1.00 bits per heavy atom. The fourth-order valence-corrected chi connectivity index (χ4v) is 6.68. The van der Waals surface area contributed by atoms with Crippen LogP contribution in [0.25, 0.3) is 0 Å². The highest BCUT2D eigenvalue weighted by Gasteiger charge is 2.33. The molecule has 0 aliphatic heterocycles. The molecule has 0 heterocycles. The van der Waals surface area contributed by atoms with Crippen LogP contribution < -0.4 is 14.4 Å². The zero-order valence-electron chi connectivity index (χ0n) is 23.9. The summed E-state index contributed by atoms with van der Waals surface area (Å²) in [7, 11) is -4.34. The van der Waals surface area contributed by atoms with Gasteiger partial charge in [-0.1, -0.05) is 42.1 Å². The van der Waals surface area contributed by atoms with Gasteiger partial charge in [-0.3, -0.25) is 13.9 Å². The number of benzene rings is 3. The van der Waals surface area contributed by atoms with Crippen molar-refractivity contribution >= 4 is 50.7 Å². The molecule has 0 bridgehead atoms. The molecular weight excluding hydrogens is 616 g/mol. The van der Waals surface area contributed by atoms with E-state index in [9.17, 15) is 22.4 Å². The number of nitrogens with one attached hydrogen (secondary N) is 1. The van der Waals surface area contributed by atoms with Crippen LogP contribution in [-0.4, -0.2) is 50.4 Å². The first-order valence-corrected chi connectivity index (χ1v) is 16.2. The van der Waals surface area contributed by atoms with E-state index in [0.29, 0.717) is 22.9 Å². The summed E-state index contributed by atoms with van der Waals surface area (Å²) in [6, 6.07) is 14.6. The molecule has 0 unspecified atom stereocenters. The Labute approximate surface area is 261 Å². The summed E-state index contributed by atoms with van der Waals surface area (Å²) in [5.41, 5.74) is 0.802. The Morgan fingerprint density at radius 2 is 1.65 bits per heavy atom. The van der Waals surface area contributed by atoms with E-state index in [4.69, 9.17) is 27.9 Å². The second-order valence-electron chi connectivity index (χ2n) is 10.3. The molecule has 1 aliphatic rings. The number of halogens is 3. The molecule has 3 aromatic rings. The number of carbonyl (C=O) groups excluding carboxylic acids is 2. The number of sulfonamides is 1. The smallest absolute Gasteiger partial charge is 0.264 e. The van der Waals surface area contributed by atoms with E-state index in [1.54, 1.807) is 37.3 Å². The fraction of sp³-hybridized carbons (Fsp3) is 0.355. The van der Waals surface area contributed by atoms with Crippen LogP contribution in [-0.2, 0) is 26.2 Å². The third-order valence-corrected chi connectivity index (χ3v) is 9.85. The fourth-order valence-electron chi connectivity index (χ4n) is 4.95. The summed E-state index contributed by atoms with van der Waals surface area (Å²) in [5.74, 6) is -1.04. The van der Waals surface area contributed by atoms with E-state index in [0.717, 1.165) is 54.3 Å². The molecule has 1 atom stereocenters. The number of amides is 2. The van der Waals surface area contributed by atoms with Crippen LogP contribution in [0.4, 0.5) is 10.1 Å². The first-order chi connectivity index (χ1) is 20.5. The summed E-state index contributed by atoms with van der Waals surface area (Å²) < 4.78 is 47.9. The molecule has 43 heavy (non-hydrogen) atoms. The molecular formula is C31H34Cl2FN3O5S. The van der Waals surface area contributed by atoms with E-state index < -0.39 is 34.3 Å². The van der Waals surface area contributed by atoms with Gasteiger partial charge in [-0.2, -0.15) is 0 Å². The second-order valence-corrected chi connectivity index (χ2v) is 13.0. The number of hydrogen-bond acceptors (Lipinski definition) is 5. The van der Waals surface area contributed by atoms with Gasteiger partial charge in [0, 0.05) is 12.6 Å². The molecule has 230 valence electrons. The lowest BCUT2D eigenvalue weighted by Crippen LogP contribution is -2.52. The van der Waals surface area contributed by atoms with Crippen LogP contribution in [0.1, 0.15) is 45.1 Å². The number of anilines is 1. The predicted octanol–water partition coefficient (Wildman–Crippen LogP) is 6.20. The first kappa shape index (κ1) is 32.6. The Balaban J connectivity index is 1.70. The van der Waals surface area contributed by atoms with Gasteiger partial charge in [-0.05, 0) is 92.9 Å². The highest BCUT2D eigenvalue weighted by molar-refractivity contribution is 7.92. The second kappa shape index (κ2) is 14.4. The van der Waals surface area contributed by atoms with Gasteiger partial charge >= 0.3 is 0 Å². The predicted molar refractivity (Wildman–Crippen MR) is 165 cm³/mol.